The van der Waals surface area contributed by atoms with Crippen LogP contribution in [-0.2, 0) is 24.7 Å². The van der Waals surface area contributed by atoms with E-state index >= 15 is 0 Å². The molecule has 19 heavy (non-hydrogen) atoms. The normalized spacial score (nSPS) is 12.3. The lowest BCUT2D eigenvalue weighted by Crippen LogP contribution is -2.30. The highest BCUT2D eigenvalue weighted by molar-refractivity contribution is 7.91. The summed E-state index contributed by atoms with van der Waals surface area (Å²) >= 11 is 0. The Labute approximate surface area is 111 Å². The first-order valence-electron chi connectivity index (χ1n) is 5.06. The number of sulfone groups is 1. The van der Waals surface area contributed by atoms with Crippen LogP contribution in [0.3, 0.4) is 0 Å². The summed E-state index contributed by atoms with van der Waals surface area (Å²) in [6.07, 6.45) is 0.957. The molecular weight excluding hydrogens is 294 g/mol. The monoisotopic (exact) mass is 307 g/mol. The van der Waals surface area contributed by atoms with Crippen LogP contribution in [0.25, 0.3) is 0 Å². The average Bonchev–Trinajstić information content (AvgIpc) is 2.25. The third-order valence-electron chi connectivity index (χ3n) is 2.29. The van der Waals surface area contributed by atoms with Crippen LogP contribution in [0.2, 0.25) is 0 Å². The smallest absolute Gasteiger partial charge is 0.318 e. The number of hydrogen-bond acceptors (Lipinski definition) is 5. The highest BCUT2D eigenvalue weighted by atomic mass is 32.2. The molecule has 7 nitrogen and oxygen atoms in total. The second-order valence-electron chi connectivity index (χ2n) is 3.92. The van der Waals surface area contributed by atoms with Crippen LogP contribution in [0.4, 0.5) is 0 Å². The van der Waals surface area contributed by atoms with Crippen LogP contribution in [0.5, 0.6) is 0 Å². The van der Waals surface area contributed by atoms with Gasteiger partial charge in [0, 0.05) is 6.26 Å². The van der Waals surface area contributed by atoms with Crippen molar-refractivity contribution in [2.45, 2.75) is 16.7 Å². The molecule has 2 N–H and O–H groups in total. The maximum Gasteiger partial charge on any atom is 0.318 e. The van der Waals surface area contributed by atoms with Crippen molar-refractivity contribution in [1.82, 2.24) is 4.72 Å². The lowest BCUT2D eigenvalue weighted by molar-refractivity contribution is -0.135. The highest BCUT2D eigenvalue weighted by Crippen LogP contribution is 2.19. The van der Waals surface area contributed by atoms with Gasteiger partial charge in [0.2, 0.25) is 10.0 Å². The van der Waals surface area contributed by atoms with Gasteiger partial charge < -0.3 is 5.11 Å². The molecule has 1 aromatic carbocycles. The molecule has 0 amide bonds. The predicted octanol–water partition coefficient (Wildman–Crippen LogP) is -0.239. The summed E-state index contributed by atoms with van der Waals surface area (Å²) in [5.74, 6) is -1.33. The number of carboxylic acids is 1. The number of sulfonamides is 1. The standard InChI is InChI=1S/C10H13NO6S2/c1-7-3-4-8(18(2,14)15)5-9(7)19(16,17)11-6-10(12)13/h3-5,11H,6H2,1-2H3,(H,12,13). The van der Waals surface area contributed by atoms with Gasteiger partial charge in [-0.05, 0) is 24.6 Å². The number of benzene rings is 1. The van der Waals surface area contributed by atoms with Gasteiger partial charge in [-0.3, -0.25) is 4.79 Å². The minimum atomic E-state index is -4.06. The molecule has 0 atom stereocenters. The van der Waals surface area contributed by atoms with Crippen molar-refractivity contribution >= 4 is 25.8 Å². The molecule has 1 aromatic rings. The summed E-state index contributed by atoms with van der Waals surface area (Å²) < 4.78 is 48.4. The second-order valence-corrected chi connectivity index (χ2v) is 7.67. The molecule has 0 aromatic heterocycles. The fourth-order valence-corrected chi connectivity index (χ4v) is 3.30. The van der Waals surface area contributed by atoms with Crippen molar-refractivity contribution in [1.29, 1.82) is 0 Å². The van der Waals surface area contributed by atoms with Crippen molar-refractivity contribution in [3.63, 3.8) is 0 Å². The van der Waals surface area contributed by atoms with Gasteiger partial charge in [-0.2, -0.15) is 4.72 Å². The fraction of sp³-hybridized carbons (Fsp3) is 0.300. The number of aliphatic carboxylic acids is 1. The molecule has 0 heterocycles. The lowest BCUT2D eigenvalue weighted by Gasteiger charge is -2.09. The third kappa shape index (κ3) is 4.01. The minimum Gasteiger partial charge on any atom is -0.480 e. The molecule has 0 aliphatic rings. The Kier molecular flexibility index (Phi) is 4.33. The van der Waals surface area contributed by atoms with E-state index in [1.54, 1.807) is 0 Å². The van der Waals surface area contributed by atoms with Crippen molar-refractivity contribution in [2.75, 3.05) is 12.8 Å². The van der Waals surface area contributed by atoms with Gasteiger partial charge in [0.05, 0.1) is 9.79 Å². The zero-order chi connectivity index (χ0) is 14.8. The molecular formula is C10H13NO6S2. The maximum atomic E-state index is 11.9. The molecule has 0 radical (unpaired) electrons. The van der Waals surface area contributed by atoms with E-state index < -0.39 is 32.4 Å². The van der Waals surface area contributed by atoms with Crippen LogP contribution in [0.1, 0.15) is 5.56 Å². The van der Waals surface area contributed by atoms with Crippen molar-refractivity contribution in [3.05, 3.63) is 23.8 Å². The summed E-state index contributed by atoms with van der Waals surface area (Å²) in [5.41, 5.74) is 0.324. The van der Waals surface area contributed by atoms with E-state index in [1.807, 2.05) is 4.72 Å². The molecule has 0 bridgehead atoms. The predicted molar refractivity (Wildman–Crippen MR) is 67.1 cm³/mol. The molecule has 1 rings (SSSR count). The van der Waals surface area contributed by atoms with Gasteiger partial charge in [-0.1, -0.05) is 6.07 Å². The number of hydrogen-bond donors (Lipinski definition) is 2. The van der Waals surface area contributed by atoms with E-state index in [1.165, 1.54) is 19.1 Å². The minimum absolute atomic E-state index is 0.145. The first-order chi connectivity index (χ1) is 8.54. The Morgan fingerprint density at radius 3 is 2.32 bits per heavy atom. The van der Waals surface area contributed by atoms with Crippen LogP contribution >= 0.6 is 0 Å². The summed E-state index contributed by atoms with van der Waals surface area (Å²) in [6.45, 7) is 0.715. The lowest BCUT2D eigenvalue weighted by atomic mass is 10.2. The molecule has 0 fully saturated rings. The van der Waals surface area contributed by atoms with E-state index in [0.717, 1.165) is 12.3 Å². The summed E-state index contributed by atoms with van der Waals surface area (Å²) in [5, 5.41) is 8.45. The number of carboxylic acid groups (broad SMARTS) is 1. The van der Waals surface area contributed by atoms with Crippen LogP contribution in [-0.4, -0.2) is 40.7 Å². The number of aryl methyl sites for hydroxylation is 1. The van der Waals surface area contributed by atoms with Gasteiger partial charge in [0.1, 0.15) is 6.54 Å². The molecule has 0 unspecified atom stereocenters. The van der Waals surface area contributed by atoms with Crippen molar-refractivity contribution in [3.8, 4) is 0 Å². The molecule has 0 aliphatic heterocycles. The van der Waals surface area contributed by atoms with E-state index in [4.69, 9.17) is 5.11 Å². The molecule has 0 aliphatic carbocycles. The SMILES string of the molecule is Cc1ccc(S(C)(=O)=O)cc1S(=O)(=O)NCC(=O)O. The van der Waals surface area contributed by atoms with E-state index in [2.05, 4.69) is 0 Å². The molecule has 9 heteroatoms. The van der Waals surface area contributed by atoms with Crippen LogP contribution in [0, 0.1) is 6.92 Å². The first-order valence-corrected chi connectivity index (χ1v) is 8.43. The topological polar surface area (TPSA) is 118 Å². The maximum absolute atomic E-state index is 11.9. The van der Waals surface area contributed by atoms with Crippen LogP contribution in [0.15, 0.2) is 28.0 Å². The Morgan fingerprint density at radius 1 is 1.26 bits per heavy atom. The Morgan fingerprint density at radius 2 is 1.84 bits per heavy atom. The second kappa shape index (κ2) is 5.27. The Balaban J connectivity index is 3.30. The van der Waals surface area contributed by atoms with Gasteiger partial charge in [-0.15, -0.1) is 0 Å². The van der Waals surface area contributed by atoms with Gasteiger partial charge in [-0.25, -0.2) is 16.8 Å². The quantitative estimate of drug-likeness (QED) is 0.775. The summed E-state index contributed by atoms with van der Waals surface area (Å²) in [7, 11) is -7.61. The first kappa shape index (κ1) is 15.6. The zero-order valence-electron chi connectivity index (χ0n) is 10.2. The summed E-state index contributed by atoms with van der Waals surface area (Å²) in [6, 6.07) is 3.65. The largest absolute Gasteiger partial charge is 0.480 e. The Bertz CT molecular complexity index is 706. The number of nitrogens with one attached hydrogen (secondary N) is 1. The fourth-order valence-electron chi connectivity index (χ4n) is 1.34. The number of carbonyl (C=O) groups is 1. The van der Waals surface area contributed by atoms with E-state index in [9.17, 15) is 21.6 Å². The zero-order valence-corrected chi connectivity index (χ0v) is 11.9. The van der Waals surface area contributed by atoms with Gasteiger partial charge in [0.25, 0.3) is 0 Å². The van der Waals surface area contributed by atoms with Gasteiger partial charge >= 0.3 is 5.97 Å². The average molecular weight is 307 g/mol. The number of rotatable bonds is 5. The Hall–Kier alpha value is -1.45. The molecule has 0 saturated carbocycles. The summed E-state index contributed by atoms with van der Waals surface area (Å²) in [4.78, 5) is 9.97. The molecule has 106 valence electrons. The van der Waals surface area contributed by atoms with Gasteiger partial charge in [0.15, 0.2) is 9.84 Å². The highest BCUT2D eigenvalue weighted by Gasteiger charge is 2.20. The molecule has 0 saturated heterocycles. The van der Waals surface area contributed by atoms with Crippen molar-refractivity contribution < 1.29 is 26.7 Å². The van der Waals surface area contributed by atoms with E-state index in [0.29, 0.717) is 5.56 Å². The third-order valence-corrected chi connectivity index (χ3v) is 4.94. The van der Waals surface area contributed by atoms with Crippen molar-refractivity contribution in [2.24, 2.45) is 0 Å². The molecule has 0 spiro atoms. The van der Waals surface area contributed by atoms with Crippen LogP contribution < -0.4 is 4.72 Å². The van der Waals surface area contributed by atoms with E-state index in [-0.39, 0.29) is 9.79 Å².